The van der Waals surface area contributed by atoms with Gasteiger partial charge in [0.05, 0.1) is 11.7 Å². The van der Waals surface area contributed by atoms with E-state index in [1.165, 1.54) is 17.7 Å². The van der Waals surface area contributed by atoms with E-state index in [-0.39, 0.29) is 17.9 Å². The molecule has 3 aromatic carbocycles. The van der Waals surface area contributed by atoms with Crippen molar-refractivity contribution in [3.63, 3.8) is 0 Å². The average molecular weight is 521 g/mol. The molecule has 38 heavy (non-hydrogen) atoms. The minimum absolute atomic E-state index is 0.193. The van der Waals surface area contributed by atoms with Gasteiger partial charge in [-0.1, -0.05) is 23.8 Å². The second kappa shape index (κ2) is 10.1. The molecule has 6 rings (SSSR count). The Morgan fingerprint density at radius 1 is 0.816 bits per heavy atom. The molecule has 0 amide bonds. The van der Waals surface area contributed by atoms with Crippen molar-refractivity contribution in [2.45, 2.75) is 19.0 Å². The van der Waals surface area contributed by atoms with Gasteiger partial charge < -0.3 is 19.5 Å². The van der Waals surface area contributed by atoms with Gasteiger partial charge in [-0.25, -0.2) is 4.39 Å². The first-order valence-corrected chi connectivity index (χ1v) is 12.8. The number of aryl methyl sites for hydroxylation is 1. The number of anilines is 1. The number of thiocarbonyl (C=S) groups is 1. The monoisotopic (exact) mass is 520 g/mol. The van der Waals surface area contributed by atoms with Crippen LogP contribution in [0.5, 0.6) is 11.5 Å². The van der Waals surface area contributed by atoms with Gasteiger partial charge in [0.15, 0.2) is 5.11 Å². The highest BCUT2D eigenvalue weighted by Gasteiger charge is 2.42. The number of hydrogen-bond acceptors (Lipinski definition) is 3. The van der Waals surface area contributed by atoms with E-state index in [0.717, 1.165) is 34.3 Å². The third-order valence-electron chi connectivity index (χ3n) is 6.66. The number of hydrogen-bond donors (Lipinski definition) is 1. The highest BCUT2D eigenvalue weighted by Crippen LogP contribution is 2.42. The first-order chi connectivity index (χ1) is 18.6. The third-order valence-corrected chi connectivity index (χ3v) is 6.97. The Hall–Kier alpha value is -4.49. The number of nitrogens with zero attached hydrogens (tertiary/aromatic N) is 3. The van der Waals surface area contributed by atoms with Gasteiger partial charge in [0, 0.05) is 29.5 Å². The fourth-order valence-corrected chi connectivity index (χ4v) is 5.17. The first-order valence-electron chi connectivity index (χ1n) is 12.4. The summed E-state index contributed by atoms with van der Waals surface area (Å²) in [5.74, 6) is 1.25. The first kappa shape index (κ1) is 23.9. The molecule has 1 aliphatic heterocycles. The smallest absolute Gasteiger partial charge is 0.174 e. The van der Waals surface area contributed by atoms with Crippen LogP contribution in [0, 0.1) is 12.7 Å². The van der Waals surface area contributed by atoms with Gasteiger partial charge in [0.2, 0.25) is 0 Å². The zero-order chi connectivity index (χ0) is 26.1. The van der Waals surface area contributed by atoms with Crippen LogP contribution in [0.2, 0.25) is 0 Å². The standard InChI is InChI=1S/C31H25FN4OS/c1-21-7-15-25(16-8-21)37-26-17-13-24(14-18-26)36-30(29(34-31(36)38)27-5-2-3-19-33-27)28-6-4-20-35(28)23-11-9-22(32)10-12-23/h2-20,29-30H,1H3,(H,34,38)/t29-,30-/m0/s1. The molecule has 5 nitrogen and oxygen atoms in total. The summed E-state index contributed by atoms with van der Waals surface area (Å²) >= 11 is 5.87. The minimum Gasteiger partial charge on any atom is -0.457 e. The molecule has 3 heterocycles. The van der Waals surface area contributed by atoms with Gasteiger partial charge in [-0.15, -0.1) is 0 Å². The van der Waals surface area contributed by atoms with Crippen molar-refractivity contribution >= 4 is 23.0 Å². The molecular formula is C31H25FN4OS. The molecule has 0 spiro atoms. The van der Waals surface area contributed by atoms with E-state index in [4.69, 9.17) is 17.0 Å². The Balaban J connectivity index is 1.38. The molecule has 0 unspecified atom stereocenters. The predicted molar refractivity (Wildman–Crippen MR) is 151 cm³/mol. The Bertz CT molecular complexity index is 1550. The van der Waals surface area contributed by atoms with Crippen LogP contribution in [0.25, 0.3) is 5.69 Å². The van der Waals surface area contributed by atoms with Crippen molar-refractivity contribution < 1.29 is 9.13 Å². The molecular weight excluding hydrogens is 495 g/mol. The molecule has 1 aliphatic rings. The molecule has 0 bridgehead atoms. The van der Waals surface area contributed by atoms with Crippen LogP contribution in [-0.2, 0) is 0 Å². The van der Waals surface area contributed by atoms with Crippen molar-refractivity contribution in [1.82, 2.24) is 14.9 Å². The Labute approximate surface area is 226 Å². The number of ether oxygens (including phenoxy) is 1. The van der Waals surface area contributed by atoms with Crippen molar-refractivity contribution in [3.05, 3.63) is 138 Å². The number of rotatable bonds is 6. The van der Waals surface area contributed by atoms with Gasteiger partial charge >= 0.3 is 0 Å². The number of nitrogens with one attached hydrogen (secondary N) is 1. The predicted octanol–water partition coefficient (Wildman–Crippen LogP) is 7.29. The molecule has 188 valence electrons. The Morgan fingerprint density at radius 2 is 1.50 bits per heavy atom. The largest absolute Gasteiger partial charge is 0.457 e. The second-order valence-corrected chi connectivity index (χ2v) is 9.57. The van der Waals surface area contributed by atoms with Crippen LogP contribution in [-0.4, -0.2) is 14.7 Å². The summed E-state index contributed by atoms with van der Waals surface area (Å²) in [7, 11) is 0. The van der Waals surface area contributed by atoms with Crippen molar-refractivity contribution in [2.75, 3.05) is 4.90 Å². The average Bonchev–Trinajstić information content (AvgIpc) is 3.56. The van der Waals surface area contributed by atoms with Crippen LogP contribution < -0.4 is 15.0 Å². The molecule has 2 aromatic heterocycles. The molecule has 5 aromatic rings. The molecule has 0 aliphatic carbocycles. The Kier molecular flexibility index (Phi) is 6.35. The van der Waals surface area contributed by atoms with Crippen molar-refractivity contribution in [2.24, 2.45) is 0 Å². The van der Waals surface area contributed by atoms with Gasteiger partial charge in [-0.2, -0.15) is 0 Å². The van der Waals surface area contributed by atoms with Crippen LogP contribution in [0.4, 0.5) is 10.1 Å². The van der Waals surface area contributed by atoms with Crippen LogP contribution in [0.3, 0.4) is 0 Å². The topological polar surface area (TPSA) is 42.3 Å². The van der Waals surface area contributed by atoms with E-state index in [1.807, 2.05) is 85.9 Å². The van der Waals surface area contributed by atoms with E-state index in [9.17, 15) is 4.39 Å². The fraction of sp³-hybridized carbons (Fsp3) is 0.0968. The van der Waals surface area contributed by atoms with Crippen molar-refractivity contribution in [1.29, 1.82) is 0 Å². The molecule has 0 saturated carbocycles. The molecule has 0 radical (unpaired) electrons. The highest BCUT2D eigenvalue weighted by molar-refractivity contribution is 7.80. The summed E-state index contributed by atoms with van der Waals surface area (Å²) in [5, 5.41) is 4.10. The molecule has 1 N–H and O–H groups in total. The summed E-state index contributed by atoms with van der Waals surface area (Å²) < 4.78 is 21.8. The lowest BCUT2D eigenvalue weighted by molar-refractivity contribution is 0.482. The lowest BCUT2D eigenvalue weighted by atomic mass is 10.0. The molecule has 2 atom stereocenters. The highest BCUT2D eigenvalue weighted by atomic mass is 32.1. The van der Waals surface area contributed by atoms with E-state index < -0.39 is 0 Å². The molecule has 1 fully saturated rings. The summed E-state index contributed by atoms with van der Waals surface area (Å²) in [5.41, 5.74) is 4.86. The number of aromatic nitrogens is 2. The van der Waals surface area contributed by atoms with Crippen molar-refractivity contribution in [3.8, 4) is 17.2 Å². The summed E-state index contributed by atoms with van der Waals surface area (Å²) in [6.45, 7) is 2.05. The minimum atomic E-state index is -0.271. The molecule has 1 saturated heterocycles. The normalized spacial score (nSPS) is 16.9. The van der Waals surface area contributed by atoms with Crippen LogP contribution in [0.1, 0.15) is 29.0 Å². The zero-order valence-electron chi connectivity index (χ0n) is 20.7. The zero-order valence-corrected chi connectivity index (χ0v) is 21.5. The van der Waals surface area contributed by atoms with Gasteiger partial charge in [-0.3, -0.25) is 4.98 Å². The van der Waals surface area contributed by atoms with E-state index in [1.54, 1.807) is 18.3 Å². The fourth-order valence-electron chi connectivity index (χ4n) is 4.82. The Morgan fingerprint density at radius 3 is 2.18 bits per heavy atom. The number of pyridine rings is 1. The SMILES string of the molecule is Cc1ccc(Oc2ccc(N3C(=S)N[C@@H](c4ccccn4)[C@@H]3c3cccn3-c3ccc(F)cc3)cc2)cc1. The lowest BCUT2D eigenvalue weighted by Gasteiger charge is -2.29. The third kappa shape index (κ3) is 4.64. The van der Waals surface area contributed by atoms with E-state index >= 15 is 0 Å². The maximum atomic E-state index is 13.7. The maximum absolute atomic E-state index is 13.7. The summed E-state index contributed by atoms with van der Waals surface area (Å²) in [6, 6.07) is 31.9. The van der Waals surface area contributed by atoms with Gasteiger partial charge in [0.1, 0.15) is 23.4 Å². The number of benzene rings is 3. The van der Waals surface area contributed by atoms with Gasteiger partial charge in [-0.05, 0) is 104 Å². The summed E-state index contributed by atoms with van der Waals surface area (Å²) in [6.07, 6.45) is 3.77. The number of halogens is 1. The summed E-state index contributed by atoms with van der Waals surface area (Å²) in [4.78, 5) is 6.75. The van der Waals surface area contributed by atoms with Gasteiger partial charge in [0.25, 0.3) is 0 Å². The van der Waals surface area contributed by atoms with Crippen LogP contribution in [0.15, 0.2) is 116 Å². The van der Waals surface area contributed by atoms with Crippen LogP contribution >= 0.6 is 12.2 Å². The maximum Gasteiger partial charge on any atom is 0.174 e. The van der Waals surface area contributed by atoms with E-state index in [2.05, 4.69) is 25.8 Å². The second-order valence-electron chi connectivity index (χ2n) is 9.19. The van der Waals surface area contributed by atoms with E-state index in [0.29, 0.717) is 5.11 Å². The molecule has 7 heteroatoms. The quantitative estimate of drug-likeness (QED) is 0.238. The lowest BCUT2D eigenvalue weighted by Crippen LogP contribution is -2.30.